The van der Waals surface area contributed by atoms with Gasteiger partial charge in [-0.2, -0.15) is 0 Å². The van der Waals surface area contributed by atoms with Crippen molar-refractivity contribution in [3.05, 3.63) is 29.8 Å². The van der Waals surface area contributed by atoms with Crippen LogP contribution >= 0.6 is 11.3 Å². The lowest BCUT2D eigenvalue weighted by Gasteiger charge is -2.22. The van der Waals surface area contributed by atoms with Crippen LogP contribution < -0.4 is 15.1 Å². The molecule has 0 aliphatic carbocycles. The Hall–Kier alpha value is -2.48. The van der Waals surface area contributed by atoms with Gasteiger partial charge in [-0.1, -0.05) is 29.0 Å². The van der Waals surface area contributed by atoms with Gasteiger partial charge >= 0.3 is 0 Å². The third-order valence-corrected chi connectivity index (χ3v) is 5.81. The molecule has 2 aromatic rings. The average molecular weight is 371 g/mol. The molecular weight excluding hydrogens is 350 g/mol. The number of hydrogen-bond donors (Lipinski definition) is 1. The molecule has 3 heterocycles. The summed E-state index contributed by atoms with van der Waals surface area (Å²) < 4.78 is 0. The van der Waals surface area contributed by atoms with Crippen LogP contribution in [0, 0.1) is 6.92 Å². The second-order valence-electron chi connectivity index (χ2n) is 6.72. The van der Waals surface area contributed by atoms with Gasteiger partial charge < -0.3 is 10.2 Å². The van der Waals surface area contributed by atoms with Gasteiger partial charge in [-0.3, -0.25) is 14.5 Å². The molecule has 2 saturated heterocycles. The van der Waals surface area contributed by atoms with E-state index in [0.29, 0.717) is 23.2 Å². The van der Waals surface area contributed by atoms with Crippen molar-refractivity contribution in [1.82, 2.24) is 10.2 Å². The predicted molar refractivity (Wildman–Crippen MR) is 102 cm³/mol. The van der Waals surface area contributed by atoms with E-state index < -0.39 is 0 Å². The van der Waals surface area contributed by atoms with Crippen LogP contribution in [0.3, 0.4) is 0 Å². The van der Waals surface area contributed by atoms with Crippen LogP contribution in [0.1, 0.15) is 31.2 Å². The van der Waals surface area contributed by atoms with Crippen LogP contribution in [-0.2, 0) is 9.59 Å². The minimum absolute atomic E-state index is 0.0275. The zero-order valence-electron chi connectivity index (χ0n) is 14.6. The summed E-state index contributed by atoms with van der Waals surface area (Å²) in [6.45, 7) is 3.49. The number of nitrogens with zero attached hydrogens (tertiary/aromatic N) is 4. The highest BCUT2D eigenvalue weighted by molar-refractivity contribution is 7.19. The van der Waals surface area contributed by atoms with E-state index in [-0.39, 0.29) is 17.9 Å². The second kappa shape index (κ2) is 7.03. The number of aryl methyl sites for hydroxylation is 1. The summed E-state index contributed by atoms with van der Waals surface area (Å²) in [7, 11) is 0. The summed E-state index contributed by atoms with van der Waals surface area (Å²) in [6, 6.07) is 7.52. The van der Waals surface area contributed by atoms with Crippen molar-refractivity contribution in [2.45, 2.75) is 38.6 Å². The summed E-state index contributed by atoms with van der Waals surface area (Å²) in [4.78, 5) is 28.3. The van der Waals surface area contributed by atoms with Crippen LogP contribution in [0.4, 0.5) is 16.0 Å². The fraction of sp³-hybridized carbons (Fsp3) is 0.444. The van der Waals surface area contributed by atoms with Gasteiger partial charge in [0.2, 0.25) is 22.1 Å². The normalized spacial score (nSPS) is 20.0. The first-order valence-electron chi connectivity index (χ1n) is 8.90. The number of rotatable bonds is 4. The summed E-state index contributed by atoms with van der Waals surface area (Å²) in [5, 5.41) is 12.8. The van der Waals surface area contributed by atoms with Crippen LogP contribution in [0.2, 0.25) is 0 Å². The van der Waals surface area contributed by atoms with Gasteiger partial charge in [0.1, 0.15) is 6.04 Å². The van der Waals surface area contributed by atoms with Gasteiger partial charge in [0.25, 0.3) is 0 Å². The summed E-state index contributed by atoms with van der Waals surface area (Å²) in [5.41, 5.74) is 1.96. The molecule has 8 heteroatoms. The Morgan fingerprint density at radius 1 is 1.15 bits per heavy atom. The van der Waals surface area contributed by atoms with E-state index in [1.807, 2.05) is 36.1 Å². The van der Waals surface area contributed by atoms with E-state index in [0.717, 1.165) is 37.1 Å². The maximum Gasteiger partial charge on any atom is 0.247 e. The largest absolute Gasteiger partial charge is 0.335 e. The molecule has 1 N–H and O–H groups in total. The lowest BCUT2D eigenvalue weighted by atomic mass is 10.2. The first-order valence-corrected chi connectivity index (χ1v) is 9.71. The van der Waals surface area contributed by atoms with Crippen LogP contribution in [0.15, 0.2) is 24.3 Å². The van der Waals surface area contributed by atoms with Gasteiger partial charge in [-0.25, -0.2) is 0 Å². The highest BCUT2D eigenvalue weighted by Gasteiger charge is 2.34. The van der Waals surface area contributed by atoms with E-state index in [9.17, 15) is 9.59 Å². The number of hydrogen-bond acceptors (Lipinski definition) is 6. The molecule has 2 aliphatic rings. The SMILES string of the molecule is Cc1ccc(NC(=O)C2CCCN2c2nnc(N3CCCC3=O)s2)cc1. The molecule has 2 amide bonds. The van der Waals surface area contributed by atoms with E-state index in [4.69, 9.17) is 0 Å². The third-order valence-electron chi connectivity index (χ3n) is 4.83. The Bertz CT molecular complexity index is 819. The zero-order valence-corrected chi connectivity index (χ0v) is 15.5. The summed E-state index contributed by atoms with van der Waals surface area (Å²) >= 11 is 1.39. The number of amides is 2. The lowest BCUT2D eigenvalue weighted by Crippen LogP contribution is -2.39. The summed E-state index contributed by atoms with van der Waals surface area (Å²) in [5.74, 6) is 0.0723. The van der Waals surface area contributed by atoms with Crippen molar-refractivity contribution in [3.63, 3.8) is 0 Å². The fourth-order valence-electron chi connectivity index (χ4n) is 3.41. The maximum atomic E-state index is 12.7. The number of benzene rings is 1. The lowest BCUT2D eigenvalue weighted by molar-refractivity contribution is -0.117. The van der Waals surface area contributed by atoms with Crippen molar-refractivity contribution in [2.75, 3.05) is 28.2 Å². The molecule has 1 aromatic heterocycles. The van der Waals surface area contributed by atoms with E-state index >= 15 is 0 Å². The first kappa shape index (κ1) is 17.0. The molecule has 0 saturated carbocycles. The number of carbonyl (C=O) groups is 2. The molecule has 1 unspecified atom stereocenters. The Morgan fingerprint density at radius 3 is 2.65 bits per heavy atom. The average Bonchev–Trinajstić information content (AvgIpc) is 3.35. The van der Waals surface area contributed by atoms with Gasteiger partial charge in [-0.15, -0.1) is 10.2 Å². The Labute approximate surface area is 156 Å². The standard InChI is InChI=1S/C18H21N5O2S/c1-12-6-8-13(9-7-12)19-16(25)14-4-2-10-22(14)17-20-21-18(26-17)23-11-3-5-15(23)24/h6-9,14H,2-5,10-11H2,1H3,(H,19,25). The van der Waals surface area contributed by atoms with Gasteiger partial charge in [0, 0.05) is 25.2 Å². The zero-order chi connectivity index (χ0) is 18.1. The van der Waals surface area contributed by atoms with Crippen molar-refractivity contribution in [2.24, 2.45) is 0 Å². The Morgan fingerprint density at radius 2 is 1.92 bits per heavy atom. The molecule has 4 rings (SSSR count). The summed E-state index contributed by atoms with van der Waals surface area (Å²) in [6.07, 6.45) is 3.15. The minimum atomic E-state index is -0.258. The van der Waals surface area contributed by atoms with Crippen molar-refractivity contribution in [1.29, 1.82) is 0 Å². The molecule has 1 atom stereocenters. The highest BCUT2D eigenvalue weighted by Crippen LogP contribution is 2.34. The maximum absolute atomic E-state index is 12.7. The molecule has 2 fully saturated rings. The molecule has 0 radical (unpaired) electrons. The van der Waals surface area contributed by atoms with Crippen molar-refractivity contribution >= 4 is 39.1 Å². The fourth-order valence-corrected chi connectivity index (χ4v) is 4.38. The smallest absolute Gasteiger partial charge is 0.247 e. The van der Waals surface area contributed by atoms with E-state index in [1.54, 1.807) is 4.90 Å². The Kier molecular flexibility index (Phi) is 4.58. The minimum Gasteiger partial charge on any atom is -0.335 e. The second-order valence-corrected chi connectivity index (χ2v) is 7.66. The quantitative estimate of drug-likeness (QED) is 0.894. The first-order chi connectivity index (χ1) is 12.6. The van der Waals surface area contributed by atoms with Gasteiger partial charge in [0.05, 0.1) is 0 Å². The highest BCUT2D eigenvalue weighted by atomic mass is 32.1. The Balaban J connectivity index is 1.48. The molecule has 26 heavy (non-hydrogen) atoms. The number of aromatic nitrogens is 2. The van der Waals surface area contributed by atoms with Crippen LogP contribution in [0.25, 0.3) is 0 Å². The molecule has 0 spiro atoms. The van der Waals surface area contributed by atoms with Gasteiger partial charge in [0.15, 0.2) is 0 Å². The molecule has 2 aliphatic heterocycles. The number of nitrogens with one attached hydrogen (secondary N) is 1. The third kappa shape index (κ3) is 3.29. The van der Waals surface area contributed by atoms with Crippen molar-refractivity contribution in [3.8, 4) is 0 Å². The van der Waals surface area contributed by atoms with E-state index in [2.05, 4.69) is 15.5 Å². The molecule has 1 aromatic carbocycles. The topological polar surface area (TPSA) is 78.4 Å². The van der Waals surface area contributed by atoms with Crippen molar-refractivity contribution < 1.29 is 9.59 Å². The van der Waals surface area contributed by atoms with Crippen LogP contribution in [0.5, 0.6) is 0 Å². The predicted octanol–water partition coefficient (Wildman–Crippen LogP) is 2.58. The van der Waals surface area contributed by atoms with Crippen LogP contribution in [-0.4, -0.2) is 41.1 Å². The molecule has 7 nitrogen and oxygen atoms in total. The molecular formula is C18H21N5O2S. The number of anilines is 3. The van der Waals surface area contributed by atoms with Gasteiger partial charge in [-0.05, 0) is 38.3 Å². The number of carbonyl (C=O) groups excluding carboxylic acids is 2. The molecule has 136 valence electrons. The molecule has 0 bridgehead atoms. The monoisotopic (exact) mass is 371 g/mol. The van der Waals surface area contributed by atoms with E-state index in [1.165, 1.54) is 11.3 Å².